The van der Waals surface area contributed by atoms with Gasteiger partial charge < -0.3 is 20.4 Å². The van der Waals surface area contributed by atoms with Gasteiger partial charge in [-0.25, -0.2) is 9.59 Å². The van der Waals surface area contributed by atoms with Crippen LogP contribution in [-0.2, 0) is 9.59 Å². The van der Waals surface area contributed by atoms with Gasteiger partial charge in [0, 0.05) is 10.0 Å². The summed E-state index contributed by atoms with van der Waals surface area (Å²) in [4.78, 5) is 18.2. The Bertz CT molecular complexity index is 697. The Morgan fingerprint density at radius 2 is 0.769 bits per heavy atom. The predicted octanol–water partition coefficient (Wildman–Crippen LogP) is 5.86. The third-order valence-electron chi connectivity index (χ3n) is 2.15. The molecular formula is C14H8Cl6O6. The van der Waals surface area contributed by atoms with Gasteiger partial charge in [0.2, 0.25) is 0 Å². The Balaban J connectivity index is 0.000000375. The van der Waals surface area contributed by atoms with Crippen LogP contribution >= 0.6 is 69.6 Å². The lowest BCUT2D eigenvalue weighted by atomic mass is 10.3. The molecule has 2 rings (SSSR count). The van der Waals surface area contributed by atoms with Gasteiger partial charge in [-0.2, -0.15) is 0 Å². The van der Waals surface area contributed by atoms with Crippen LogP contribution in [0.5, 0.6) is 11.5 Å². The van der Waals surface area contributed by atoms with E-state index in [1.165, 1.54) is 24.3 Å². The van der Waals surface area contributed by atoms with Gasteiger partial charge >= 0.3 is 11.9 Å². The first-order valence-electron chi connectivity index (χ1n) is 6.00. The second-order valence-corrected chi connectivity index (χ2v) is 6.55. The highest BCUT2D eigenvalue weighted by molar-refractivity contribution is 6.40. The first kappa shape index (κ1) is 24.7. The quantitative estimate of drug-likeness (QED) is 0.348. The number of carboxylic acid groups (broad SMARTS) is 2. The summed E-state index contributed by atoms with van der Waals surface area (Å²) in [5.41, 5.74) is 0. The summed E-state index contributed by atoms with van der Waals surface area (Å²) in [6.45, 7) is 0. The third kappa shape index (κ3) is 8.89. The van der Waals surface area contributed by atoms with Crippen molar-refractivity contribution in [2.24, 2.45) is 0 Å². The van der Waals surface area contributed by atoms with Crippen LogP contribution in [0.3, 0.4) is 0 Å². The Morgan fingerprint density at radius 3 is 0.923 bits per heavy atom. The molecule has 2 aromatic rings. The minimum Gasteiger partial charge on any atom is -0.505 e. The van der Waals surface area contributed by atoms with Crippen molar-refractivity contribution < 1.29 is 30.0 Å². The lowest BCUT2D eigenvalue weighted by Gasteiger charge is -1.98. The fourth-order valence-corrected chi connectivity index (χ4v) is 2.70. The number of aliphatic carboxylic acids is 2. The van der Waals surface area contributed by atoms with Crippen LogP contribution in [0.15, 0.2) is 24.3 Å². The molecule has 26 heavy (non-hydrogen) atoms. The van der Waals surface area contributed by atoms with Crippen LogP contribution in [0, 0.1) is 0 Å². The highest BCUT2D eigenvalue weighted by atomic mass is 35.5. The fraction of sp³-hybridized carbons (Fsp3) is 0. The summed E-state index contributed by atoms with van der Waals surface area (Å²) in [7, 11) is 0. The molecule has 0 saturated heterocycles. The fourth-order valence-electron chi connectivity index (χ4n) is 1.07. The van der Waals surface area contributed by atoms with Crippen LogP contribution in [0.4, 0.5) is 0 Å². The molecule has 0 aliphatic rings. The second-order valence-electron chi connectivity index (χ2n) is 4.05. The van der Waals surface area contributed by atoms with Crippen molar-refractivity contribution in [1.29, 1.82) is 0 Å². The SMILES string of the molecule is O=C(O)C(=O)O.Oc1c(Cl)cc(Cl)cc1Cl.Oc1c(Cl)cc(Cl)cc1Cl. The minimum absolute atomic E-state index is 0.132. The van der Waals surface area contributed by atoms with Gasteiger partial charge in [0.15, 0.2) is 11.5 Å². The minimum atomic E-state index is -1.82. The number of benzene rings is 2. The molecule has 0 aliphatic carbocycles. The van der Waals surface area contributed by atoms with E-state index in [0.29, 0.717) is 10.0 Å². The number of carboxylic acids is 2. The van der Waals surface area contributed by atoms with Gasteiger partial charge in [0.05, 0.1) is 20.1 Å². The third-order valence-corrected chi connectivity index (χ3v) is 3.74. The van der Waals surface area contributed by atoms with Gasteiger partial charge in [-0.15, -0.1) is 0 Å². The molecular weight excluding hydrogens is 477 g/mol. The summed E-state index contributed by atoms with van der Waals surface area (Å²) < 4.78 is 0. The average Bonchev–Trinajstić information content (AvgIpc) is 2.51. The lowest BCUT2D eigenvalue weighted by molar-refractivity contribution is -0.159. The standard InChI is InChI=1S/2C6H3Cl3O.C2H2O4/c2*7-3-1-4(8)6(10)5(9)2-3;3-1(4)2(5)6/h2*1-2,10H;(H,3,4)(H,5,6). The zero-order valence-corrected chi connectivity index (χ0v) is 16.7. The van der Waals surface area contributed by atoms with E-state index >= 15 is 0 Å². The molecule has 0 radical (unpaired) electrons. The Labute approximate surface area is 177 Å². The first-order chi connectivity index (χ1) is 11.9. The molecule has 0 amide bonds. The van der Waals surface area contributed by atoms with Gasteiger partial charge in [0.1, 0.15) is 0 Å². The molecule has 12 heteroatoms. The van der Waals surface area contributed by atoms with Crippen LogP contribution in [0.1, 0.15) is 0 Å². The van der Waals surface area contributed by atoms with Gasteiger partial charge in [-0.3, -0.25) is 0 Å². The Hall–Kier alpha value is -1.28. The van der Waals surface area contributed by atoms with Crippen molar-refractivity contribution in [2.45, 2.75) is 0 Å². The zero-order chi connectivity index (χ0) is 20.6. The number of hydrogen-bond acceptors (Lipinski definition) is 4. The number of halogens is 6. The van der Waals surface area contributed by atoms with E-state index in [4.69, 9.17) is 99.6 Å². The maximum absolute atomic E-state index is 9.10. The Morgan fingerprint density at radius 1 is 0.577 bits per heavy atom. The maximum atomic E-state index is 9.10. The van der Waals surface area contributed by atoms with Crippen molar-refractivity contribution in [3.05, 3.63) is 54.4 Å². The van der Waals surface area contributed by atoms with Crippen LogP contribution in [0.2, 0.25) is 30.1 Å². The molecule has 0 saturated carbocycles. The van der Waals surface area contributed by atoms with E-state index in [1.54, 1.807) is 0 Å². The van der Waals surface area contributed by atoms with Crippen LogP contribution in [0.25, 0.3) is 0 Å². The normalized spacial score (nSPS) is 9.31. The average molecular weight is 485 g/mol. The topological polar surface area (TPSA) is 115 Å². The number of aromatic hydroxyl groups is 2. The van der Waals surface area contributed by atoms with Gasteiger partial charge in [-0.05, 0) is 24.3 Å². The molecule has 0 heterocycles. The number of phenols is 2. The molecule has 0 atom stereocenters. The predicted molar refractivity (Wildman–Crippen MR) is 102 cm³/mol. The monoisotopic (exact) mass is 482 g/mol. The largest absolute Gasteiger partial charge is 0.505 e. The molecule has 6 nitrogen and oxygen atoms in total. The molecule has 4 N–H and O–H groups in total. The summed E-state index contributed by atoms with van der Waals surface area (Å²) in [6.07, 6.45) is 0. The number of hydrogen-bond donors (Lipinski definition) is 4. The van der Waals surface area contributed by atoms with Crippen molar-refractivity contribution in [3.63, 3.8) is 0 Å². The smallest absolute Gasteiger partial charge is 0.414 e. The molecule has 2 aromatic carbocycles. The summed E-state index contributed by atoms with van der Waals surface area (Å²) >= 11 is 33.1. The molecule has 0 aromatic heterocycles. The van der Waals surface area contributed by atoms with Crippen molar-refractivity contribution >= 4 is 81.5 Å². The Kier molecular flexibility index (Phi) is 10.9. The van der Waals surface area contributed by atoms with Gasteiger partial charge in [0.25, 0.3) is 0 Å². The number of phenolic OH excluding ortho intramolecular Hbond substituents is 2. The van der Waals surface area contributed by atoms with E-state index in [0.717, 1.165) is 0 Å². The molecule has 142 valence electrons. The highest BCUT2D eigenvalue weighted by Crippen LogP contribution is 2.34. The van der Waals surface area contributed by atoms with E-state index in [2.05, 4.69) is 0 Å². The highest BCUT2D eigenvalue weighted by Gasteiger charge is 2.05. The lowest BCUT2D eigenvalue weighted by Crippen LogP contribution is -2.09. The van der Waals surface area contributed by atoms with Crippen molar-refractivity contribution in [3.8, 4) is 11.5 Å². The van der Waals surface area contributed by atoms with E-state index in [9.17, 15) is 0 Å². The molecule has 0 aliphatic heterocycles. The number of rotatable bonds is 0. The zero-order valence-electron chi connectivity index (χ0n) is 12.2. The summed E-state index contributed by atoms with van der Waals surface area (Å²) in [6, 6.07) is 5.68. The molecule has 0 bridgehead atoms. The molecule has 0 spiro atoms. The van der Waals surface area contributed by atoms with E-state index in [1.807, 2.05) is 0 Å². The second kappa shape index (κ2) is 11.4. The molecule has 0 unspecified atom stereocenters. The van der Waals surface area contributed by atoms with Crippen molar-refractivity contribution in [2.75, 3.05) is 0 Å². The summed E-state index contributed by atoms with van der Waals surface area (Å²) in [5.74, 6) is -3.91. The van der Waals surface area contributed by atoms with Crippen LogP contribution in [-0.4, -0.2) is 32.4 Å². The van der Waals surface area contributed by atoms with Crippen molar-refractivity contribution in [1.82, 2.24) is 0 Å². The van der Waals surface area contributed by atoms with E-state index in [-0.39, 0.29) is 31.6 Å². The molecule has 0 fully saturated rings. The first-order valence-corrected chi connectivity index (χ1v) is 8.26. The van der Waals surface area contributed by atoms with Gasteiger partial charge in [-0.1, -0.05) is 69.6 Å². The summed E-state index contributed by atoms with van der Waals surface area (Å²) in [5, 5.41) is 34.3. The van der Waals surface area contributed by atoms with E-state index < -0.39 is 11.9 Å². The maximum Gasteiger partial charge on any atom is 0.414 e. The van der Waals surface area contributed by atoms with Crippen LogP contribution < -0.4 is 0 Å². The number of carbonyl (C=O) groups is 2.